The molecule has 0 saturated carbocycles. The predicted octanol–water partition coefficient (Wildman–Crippen LogP) is 3.45. The Labute approximate surface area is 151 Å². The van der Waals surface area contributed by atoms with Crippen molar-refractivity contribution < 1.29 is 9.72 Å². The molecule has 0 unspecified atom stereocenters. The van der Waals surface area contributed by atoms with Crippen molar-refractivity contribution in [3.63, 3.8) is 0 Å². The number of imidazole rings is 1. The van der Waals surface area contributed by atoms with Gasteiger partial charge in [-0.05, 0) is 35.3 Å². The van der Waals surface area contributed by atoms with Crippen LogP contribution in [0.25, 0.3) is 5.65 Å². The molecular weight excluding hydrogens is 390 g/mol. The molecule has 0 atom stereocenters. The number of carbonyl (C=O) groups is 1. The second kappa shape index (κ2) is 7.31. The van der Waals surface area contributed by atoms with Crippen LogP contribution in [-0.2, 0) is 4.79 Å². The number of amides is 1. The Bertz CT molecular complexity index is 923. The molecule has 0 aliphatic rings. The highest BCUT2D eigenvalue weighted by Gasteiger charge is 2.21. The van der Waals surface area contributed by atoms with Crippen LogP contribution in [0.2, 0.25) is 0 Å². The van der Waals surface area contributed by atoms with E-state index in [2.05, 4.69) is 31.5 Å². The lowest BCUT2D eigenvalue weighted by atomic mass is 10.3. The van der Waals surface area contributed by atoms with Crippen LogP contribution in [-0.4, -0.2) is 26.8 Å². The fraction of sp³-hybridized carbons (Fsp3) is 0.125. The van der Waals surface area contributed by atoms with Crippen LogP contribution in [0.3, 0.4) is 0 Å². The largest absolute Gasteiger partial charge is 0.372 e. The average molecular weight is 404 g/mol. The summed E-state index contributed by atoms with van der Waals surface area (Å²) in [6, 6.07) is 12.3. The minimum Gasteiger partial charge on any atom is -0.362 e. The number of nitrogens with zero attached hydrogens (tertiary/aromatic N) is 3. The molecule has 0 fully saturated rings. The summed E-state index contributed by atoms with van der Waals surface area (Å²) >= 11 is 3.33. The van der Waals surface area contributed by atoms with Gasteiger partial charge in [0, 0.05) is 29.2 Å². The third-order valence-corrected chi connectivity index (χ3v) is 3.98. The van der Waals surface area contributed by atoms with Crippen LogP contribution in [0.5, 0.6) is 0 Å². The molecule has 1 amide bonds. The van der Waals surface area contributed by atoms with Gasteiger partial charge in [-0.1, -0.05) is 22.0 Å². The van der Waals surface area contributed by atoms with Gasteiger partial charge in [0.2, 0.25) is 17.4 Å². The van der Waals surface area contributed by atoms with E-state index < -0.39 is 4.92 Å². The van der Waals surface area contributed by atoms with Gasteiger partial charge in [-0.25, -0.2) is 0 Å². The summed E-state index contributed by atoms with van der Waals surface area (Å²) in [5.74, 6) is -0.196. The van der Waals surface area contributed by atoms with Crippen molar-refractivity contribution in [2.24, 2.45) is 0 Å². The number of nitrogens with one attached hydrogen (secondary N) is 2. The zero-order valence-corrected chi connectivity index (χ0v) is 14.6. The van der Waals surface area contributed by atoms with Gasteiger partial charge in [-0.2, -0.15) is 9.38 Å². The highest BCUT2D eigenvalue weighted by Crippen LogP contribution is 2.25. The molecule has 0 aliphatic carbocycles. The lowest BCUT2D eigenvalue weighted by Gasteiger charge is -2.06. The summed E-state index contributed by atoms with van der Waals surface area (Å²) in [4.78, 5) is 26.9. The highest BCUT2D eigenvalue weighted by molar-refractivity contribution is 9.10. The number of fused-ring (bicyclic) bond motifs is 1. The molecule has 3 rings (SSSR count). The minimum atomic E-state index is -0.496. The summed E-state index contributed by atoms with van der Waals surface area (Å²) < 4.78 is 2.32. The molecule has 0 bridgehead atoms. The molecule has 2 heterocycles. The molecule has 0 radical (unpaired) electrons. The van der Waals surface area contributed by atoms with Crippen LogP contribution in [0.1, 0.15) is 6.42 Å². The monoisotopic (exact) mass is 403 g/mol. The Morgan fingerprint density at radius 2 is 2.00 bits per heavy atom. The van der Waals surface area contributed by atoms with Gasteiger partial charge in [0.1, 0.15) is 0 Å². The van der Waals surface area contributed by atoms with E-state index in [1.54, 1.807) is 36.5 Å². The number of rotatable bonds is 6. The quantitative estimate of drug-likeness (QED) is 0.484. The Kier molecular flexibility index (Phi) is 4.94. The molecule has 9 heteroatoms. The summed E-state index contributed by atoms with van der Waals surface area (Å²) in [5, 5.41) is 16.9. The van der Waals surface area contributed by atoms with E-state index in [9.17, 15) is 14.9 Å². The number of hydrogen-bond donors (Lipinski definition) is 2. The van der Waals surface area contributed by atoms with Crippen molar-refractivity contribution in [2.45, 2.75) is 6.42 Å². The van der Waals surface area contributed by atoms with Crippen molar-refractivity contribution in [1.29, 1.82) is 0 Å². The normalized spacial score (nSPS) is 10.6. The maximum atomic E-state index is 12.0. The molecule has 8 nitrogen and oxygen atoms in total. The lowest BCUT2D eigenvalue weighted by Crippen LogP contribution is -2.16. The standard InChI is InChI=1S/C16H14BrN5O3/c17-11-4-6-12(7-5-11)19-14(23)8-9-18-15-16(22(24)25)21-10-2-1-3-13(21)20-15/h1-7,10,18H,8-9H2,(H,19,23). The van der Waals surface area contributed by atoms with Gasteiger partial charge in [-0.15, -0.1) is 0 Å². The Morgan fingerprint density at radius 3 is 2.72 bits per heavy atom. The smallest absolute Gasteiger partial charge is 0.362 e. The molecule has 128 valence electrons. The van der Waals surface area contributed by atoms with E-state index in [0.29, 0.717) is 11.3 Å². The number of benzene rings is 1. The second-order valence-electron chi connectivity index (χ2n) is 5.20. The Morgan fingerprint density at radius 1 is 1.24 bits per heavy atom. The molecular formula is C16H14BrN5O3. The number of anilines is 2. The molecule has 2 aromatic heterocycles. The molecule has 3 aromatic rings. The van der Waals surface area contributed by atoms with Crippen molar-refractivity contribution in [2.75, 3.05) is 17.2 Å². The molecule has 25 heavy (non-hydrogen) atoms. The summed E-state index contributed by atoms with van der Waals surface area (Å²) in [5.41, 5.74) is 1.16. The third kappa shape index (κ3) is 3.94. The van der Waals surface area contributed by atoms with Crippen LogP contribution >= 0.6 is 15.9 Å². The van der Waals surface area contributed by atoms with E-state index >= 15 is 0 Å². The van der Waals surface area contributed by atoms with Gasteiger partial charge in [-0.3, -0.25) is 4.79 Å². The maximum absolute atomic E-state index is 12.0. The van der Waals surface area contributed by atoms with Gasteiger partial charge < -0.3 is 20.7 Å². The van der Waals surface area contributed by atoms with Crippen molar-refractivity contribution in [3.8, 4) is 0 Å². The van der Waals surface area contributed by atoms with E-state index in [1.807, 2.05) is 12.1 Å². The van der Waals surface area contributed by atoms with Crippen LogP contribution in [0.15, 0.2) is 53.1 Å². The number of aromatic nitrogens is 2. The number of nitro groups is 1. The average Bonchev–Trinajstić information content (AvgIpc) is 2.95. The first kappa shape index (κ1) is 16.9. The molecule has 2 N–H and O–H groups in total. The Hall–Kier alpha value is -2.94. The summed E-state index contributed by atoms with van der Waals surface area (Å²) in [7, 11) is 0. The van der Waals surface area contributed by atoms with E-state index in [-0.39, 0.29) is 30.5 Å². The number of carbonyl (C=O) groups excluding carboxylic acids is 1. The van der Waals surface area contributed by atoms with Crippen molar-refractivity contribution in [1.82, 2.24) is 9.38 Å². The van der Waals surface area contributed by atoms with Gasteiger partial charge in [0.15, 0.2) is 0 Å². The predicted molar refractivity (Wildman–Crippen MR) is 97.7 cm³/mol. The third-order valence-electron chi connectivity index (χ3n) is 3.45. The van der Waals surface area contributed by atoms with E-state index in [0.717, 1.165) is 4.47 Å². The summed E-state index contributed by atoms with van der Waals surface area (Å²) in [6.07, 6.45) is 1.73. The first-order valence-corrected chi connectivity index (χ1v) is 8.24. The fourth-order valence-corrected chi connectivity index (χ4v) is 2.59. The number of pyridine rings is 1. The topological polar surface area (TPSA) is 102 Å². The van der Waals surface area contributed by atoms with Crippen LogP contribution in [0.4, 0.5) is 17.3 Å². The van der Waals surface area contributed by atoms with Crippen LogP contribution < -0.4 is 10.6 Å². The first-order chi connectivity index (χ1) is 12.0. The van der Waals surface area contributed by atoms with E-state index in [1.165, 1.54) is 4.40 Å². The first-order valence-electron chi connectivity index (χ1n) is 7.45. The maximum Gasteiger partial charge on any atom is 0.372 e. The molecule has 0 saturated heterocycles. The van der Waals surface area contributed by atoms with Gasteiger partial charge >= 0.3 is 5.82 Å². The SMILES string of the molecule is O=C(CCNc1nc2ccccn2c1[N+](=O)[O-])Nc1ccc(Br)cc1. The second-order valence-corrected chi connectivity index (χ2v) is 6.12. The zero-order valence-electron chi connectivity index (χ0n) is 13.0. The summed E-state index contributed by atoms with van der Waals surface area (Å²) in [6.45, 7) is 0.229. The van der Waals surface area contributed by atoms with Gasteiger partial charge in [0.25, 0.3) is 0 Å². The highest BCUT2D eigenvalue weighted by atomic mass is 79.9. The van der Waals surface area contributed by atoms with Crippen LogP contribution in [0, 0.1) is 10.1 Å². The zero-order chi connectivity index (χ0) is 17.8. The molecule has 1 aromatic carbocycles. The van der Waals surface area contributed by atoms with E-state index in [4.69, 9.17) is 0 Å². The lowest BCUT2D eigenvalue weighted by molar-refractivity contribution is -0.389. The van der Waals surface area contributed by atoms with Gasteiger partial charge in [0.05, 0.1) is 6.20 Å². The number of hydrogen-bond acceptors (Lipinski definition) is 5. The number of halogens is 1. The van der Waals surface area contributed by atoms with Crippen molar-refractivity contribution in [3.05, 3.63) is 63.2 Å². The molecule has 0 aliphatic heterocycles. The minimum absolute atomic E-state index is 0.146. The Balaban J connectivity index is 1.63. The van der Waals surface area contributed by atoms with Crippen molar-refractivity contribution >= 4 is 44.8 Å². The fourth-order valence-electron chi connectivity index (χ4n) is 2.33. The molecule has 0 spiro atoms.